The summed E-state index contributed by atoms with van der Waals surface area (Å²) in [6.07, 6.45) is 1.35. The number of carbonyl (C=O) groups is 1. The molecule has 0 aliphatic heterocycles. The van der Waals surface area contributed by atoms with Crippen LogP contribution >= 0.6 is 0 Å². The normalized spacial score (nSPS) is 20.5. The van der Waals surface area contributed by atoms with E-state index in [2.05, 4.69) is 6.92 Å². The summed E-state index contributed by atoms with van der Waals surface area (Å²) < 4.78 is 59.4. The van der Waals surface area contributed by atoms with Gasteiger partial charge in [-0.25, -0.2) is 4.39 Å². The van der Waals surface area contributed by atoms with Gasteiger partial charge in [-0.15, -0.1) is 0 Å². The van der Waals surface area contributed by atoms with Crippen molar-refractivity contribution in [3.8, 4) is 5.75 Å². The van der Waals surface area contributed by atoms with Gasteiger partial charge in [-0.05, 0) is 43.7 Å². The molecule has 0 unspecified atom stereocenters. The predicted octanol–water partition coefficient (Wildman–Crippen LogP) is 6.75. The molecule has 0 saturated heterocycles. The monoisotopic (exact) mass is 388 g/mol. The minimum atomic E-state index is -4.81. The van der Waals surface area contributed by atoms with Crippen molar-refractivity contribution in [2.75, 3.05) is 6.61 Å². The van der Waals surface area contributed by atoms with Crippen LogP contribution < -0.4 is 4.74 Å². The molecule has 0 heterocycles. The van der Waals surface area contributed by atoms with Crippen LogP contribution in [0.1, 0.15) is 80.3 Å². The summed E-state index contributed by atoms with van der Waals surface area (Å²) in [6.45, 7) is 2.55. The van der Waals surface area contributed by atoms with E-state index in [-0.39, 0.29) is 24.7 Å². The average molecular weight is 388 g/mol. The highest BCUT2D eigenvalue weighted by Gasteiger charge is 2.39. The SMILES string of the molecule is CCCC1CCC(CC(=O)c2ccc(OCC)c(CF)c2C(F)(F)F)CC1. The van der Waals surface area contributed by atoms with Crippen LogP contribution in [0.5, 0.6) is 5.75 Å². The Bertz CT molecular complexity index is 632. The zero-order chi connectivity index (χ0) is 20.0. The molecule has 2 nitrogen and oxygen atoms in total. The third-order valence-corrected chi connectivity index (χ3v) is 5.42. The van der Waals surface area contributed by atoms with Crippen LogP contribution in [-0.4, -0.2) is 12.4 Å². The van der Waals surface area contributed by atoms with Crippen molar-refractivity contribution in [3.63, 3.8) is 0 Å². The van der Waals surface area contributed by atoms with Crippen LogP contribution in [0.2, 0.25) is 0 Å². The topological polar surface area (TPSA) is 26.3 Å². The van der Waals surface area contributed by atoms with Gasteiger partial charge in [0.05, 0.1) is 12.2 Å². The quantitative estimate of drug-likeness (QED) is 0.364. The number of Topliss-reactive ketones (excluding diaryl/α,β-unsaturated/α-hetero) is 1. The predicted molar refractivity (Wildman–Crippen MR) is 96.7 cm³/mol. The fraction of sp³-hybridized carbons (Fsp3) is 0.667. The molecule has 1 aliphatic carbocycles. The highest BCUT2D eigenvalue weighted by Crippen LogP contribution is 2.41. The van der Waals surface area contributed by atoms with Crippen LogP contribution in [0.4, 0.5) is 17.6 Å². The first-order chi connectivity index (χ1) is 12.8. The van der Waals surface area contributed by atoms with E-state index in [1.165, 1.54) is 6.07 Å². The molecular formula is C21H28F4O2. The highest BCUT2D eigenvalue weighted by atomic mass is 19.4. The number of ketones is 1. The van der Waals surface area contributed by atoms with Crippen molar-refractivity contribution in [2.45, 2.75) is 71.6 Å². The van der Waals surface area contributed by atoms with Gasteiger partial charge in [0.2, 0.25) is 0 Å². The summed E-state index contributed by atoms with van der Waals surface area (Å²) in [5, 5.41) is 0. The van der Waals surface area contributed by atoms with E-state index in [4.69, 9.17) is 4.74 Å². The van der Waals surface area contributed by atoms with Crippen molar-refractivity contribution < 1.29 is 27.1 Å². The lowest BCUT2D eigenvalue weighted by molar-refractivity contribution is -0.138. The second-order valence-electron chi connectivity index (χ2n) is 7.33. The molecule has 1 aliphatic rings. The van der Waals surface area contributed by atoms with Crippen molar-refractivity contribution >= 4 is 5.78 Å². The minimum Gasteiger partial charge on any atom is -0.493 e. The van der Waals surface area contributed by atoms with Crippen molar-refractivity contribution in [2.24, 2.45) is 11.8 Å². The van der Waals surface area contributed by atoms with Crippen molar-refractivity contribution in [3.05, 3.63) is 28.8 Å². The lowest BCUT2D eigenvalue weighted by atomic mass is 9.77. The Labute approximate surface area is 158 Å². The van der Waals surface area contributed by atoms with E-state index >= 15 is 0 Å². The van der Waals surface area contributed by atoms with Gasteiger partial charge < -0.3 is 4.74 Å². The molecule has 27 heavy (non-hydrogen) atoms. The molecule has 1 aromatic carbocycles. The third-order valence-electron chi connectivity index (χ3n) is 5.42. The Balaban J connectivity index is 2.23. The standard InChI is InChI=1S/C21H28F4O2/c1-3-5-14-6-8-15(9-7-14)12-18(26)16-10-11-19(27-4-2)17(13-22)20(16)21(23,24)25/h10-11,14-15H,3-9,12-13H2,1-2H3. The molecule has 1 fully saturated rings. The van der Waals surface area contributed by atoms with E-state index < -0.39 is 35.3 Å². The summed E-state index contributed by atoms with van der Waals surface area (Å²) in [6, 6.07) is 2.41. The highest BCUT2D eigenvalue weighted by molar-refractivity contribution is 5.98. The number of hydrogen-bond acceptors (Lipinski definition) is 2. The molecule has 152 valence electrons. The summed E-state index contributed by atoms with van der Waals surface area (Å²) >= 11 is 0. The number of halogens is 4. The Morgan fingerprint density at radius 2 is 1.74 bits per heavy atom. The number of alkyl halides is 4. The fourth-order valence-corrected chi connectivity index (χ4v) is 4.11. The molecule has 1 saturated carbocycles. The first kappa shape index (κ1) is 21.7. The first-order valence-corrected chi connectivity index (χ1v) is 9.76. The van der Waals surface area contributed by atoms with E-state index in [0.717, 1.165) is 44.6 Å². The molecule has 1 aromatic rings. The molecule has 2 rings (SSSR count). The van der Waals surface area contributed by atoms with Crippen LogP contribution in [-0.2, 0) is 12.9 Å². The van der Waals surface area contributed by atoms with Crippen molar-refractivity contribution in [1.29, 1.82) is 0 Å². The molecule has 0 atom stereocenters. The van der Waals surface area contributed by atoms with Crippen LogP contribution in [0, 0.1) is 11.8 Å². The Morgan fingerprint density at radius 1 is 1.11 bits per heavy atom. The molecule has 0 radical (unpaired) electrons. The lowest BCUT2D eigenvalue weighted by Crippen LogP contribution is -2.21. The maximum absolute atomic E-state index is 13.6. The molecular weight excluding hydrogens is 360 g/mol. The number of rotatable bonds is 8. The van der Waals surface area contributed by atoms with Crippen LogP contribution in [0.3, 0.4) is 0 Å². The minimum absolute atomic E-state index is 0.0850. The second kappa shape index (κ2) is 9.56. The molecule has 6 heteroatoms. The van der Waals surface area contributed by atoms with Gasteiger partial charge in [0.1, 0.15) is 12.4 Å². The van der Waals surface area contributed by atoms with Crippen LogP contribution in [0.15, 0.2) is 12.1 Å². The zero-order valence-electron chi connectivity index (χ0n) is 16.0. The van der Waals surface area contributed by atoms with E-state index in [9.17, 15) is 22.4 Å². The summed E-state index contributed by atoms with van der Waals surface area (Å²) in [5.41, 5.74) is -2.20. The zero-order valence-corrected chi connectivity index (χ0v) is 16.0. The number of hydrogen-bond donors (Lipinski definition) is 0. The largest absolute Gasteiger partial charge is 0.493 e. The fourth-order valence-electron chi connectivity index (χ4n) is 4.11. The second-order valence-corrected chi connectivity index (χ2v) is 7.33. The maximum atomic E-state index is 13.6. The number of benzene rings is 1. The van der Waals surface area contributed by atoms with Gasteiger partial charge in [0, 0.05) is 17.5 Å². The summed E-state index contributed by atoms with van der Waals surface area (Å²) in [5.74, 6) is 0.0609. The van der Waals surface area contributed by atoms with E-state index in [0.29, 0.717) is 5.92 Å². The Morgan fingerprint density at radius 3 is 2.26 bits per heavy atom. The smallest absolute Gasteiger partial charge is 0.417 e. The summed E-state index contributed by atoms with van der Waals surface area (Å²) in [7, 11) is 0. The van der Waals surface area contributed by atoms with Crippen LogP contribution in [0.25, 0.3) is 0 Å². The molecule has 0 aromatic heterocycles. The van der Waals surface area contributed by atoms with Crippen molar-refractivity contribution in [1.82, 2.24) is 0 Å². The van der Waals surface area contributed by atoms with Gasteiger partial charge in [-0.3, -0.25) is 4.79 Å². The van der Waals surface area contributed by atoms with Gasteiger partial charge in [0.15, 0.2) is 5.78 Å². The molecule has 0 N–H and O–H groups in total. The van der Waals surface area contributed by atoms with Gasteiger partial charge >= 0.3 is 6.18 Å². The van der Waals surface area contributed by atoms with Gasteiger partial charge in [-0.1, -0.05) is 32.6 Å². The van der Waals surface area contributed by atoms with Gasteiger partial charge in [0.25, 0.3) is 0 Å². The average Bonchev–Trinajstić information content (AvgIpc) is 2.62. The summed E-state index contributed by atoms with van der Waals surface area (Å²) in [4.78, 5) is 12.7. The number of ether oxygens (including phenoxy) is 1. The molecule has 0 amide bonds. The molecule has 0 spiro atoms. The number of carbonyl (C=O) groups excluding carboxylic acids is 1. The Hall–Kier alpha value is -1.59. The lowest BCUT2D eigenvalue weighted by Gasteiger charge is -2.28. The van der Waals surface area contributed by atoms with E-state index in [1.54, 1.807) is 6.92 Å². The third kappa shape index (κ3) is 5.45. The Kier molecular flexibility index (Phi) is 7.68. The van der Waals surface area contributed by atoms with Gasteiger partial charge in [-0.2, -0.15) is 13.2 Å². The first-order valence-electron chi connectivity index (χ1n) is 9.76. The molecule has 0 bridgehead atoms. The van der Waals surface area contributed by atoms with E-state index in [1.807, 2.05) is 0 Å². The maximum Gasteiger partial charge on any atom is 0.417 e.